The molecule has 8 nitrogen and oxygen atoms in total. The van der Waals surface area contributed by atoms with Crippen LogP contribution >= 0.6 is 0 Å². The molecule has 0 aliphatic carbocycles. The maximum Gasteiger partial charge on any atom is 0.435 e. The maximum absolute atomic E-state index is 15.1. The van der Waals surface area contributed by atoms with Crippen LogP contribution in [0.5, 0.6) is 0 Å². The van der Waals surface area contributed by atoms with E-state index >= 15 is 4.39 Å². The minimum atomic E-state index is -4.83. The first kappa shape index (κ1) is 31.0. The van der Waals surface area contributed by atoms with Crippen molar-refractivity contribution in [2.75, 3.05) is 18.4 Å². The van der Waals surface area contributed by atoms with E-state index in [1.807, 2.05) is 13.8 Å². The molecule has 2 amide bonds. The van der Waals surface area contributed by atoms with Gasteiger partial charge in [0.2, 0.25) is 0 Å². The molecular formula is C30H34F4N5O3. The minimum absolute atomic E-state index is 0.0191. The van der Waals surface area contributed by atoms with Crippen molar-refractivity contribution in [1.82, 2.24) is 20.0 Å². The summed E-state index contributed by atoms with van der Waals surface area (Å²) < 4.78 is 62.1. The smallest absolute Gasteiger partial charge is 0.435 e. The Kier molecular flexibility index (Phi) is 8.95. The number of carbonyl (C=O) groups is 2. The highest BCUT2D eigenvalue weighted by Crippen LogP contribution is 2.31. The zero-order valence-corrected chi connectivity index (χ0v) is 24.2. The number of carbonyl (C=O) groups excluding carboxylic acids is 2. The Bertz CT molecular complexity index is 1460. The predicted molar refractivity (Wildman–Crippen MR) is 150 cm³/mol. The van der Waals surface area contributed by atoms with Gasteiger partial charge in [0.1, 0.15) is 17.1 Å². The van der Waals surface area contributed by atoms with Gasteiger partial charge in [0.25, 0.3) is 5.91 Å². The van der Waals surface area contributed by atoms with Gasteiger partial charge in [0, 0.05) is 32.2 Å². The van der Waals surface area contributed by atoms with Gasteiger partial charge in [0.15, 0.2) is 5.69 Å². The van der Waals surface area contributed by atoms with E-state index in [0.29, 0.717) is 24.6 Å². The van der Waals surface area contributed by atoms with E-state index in [9.17, 15) is 22.8 Å². The van der Waals surface area contributed by atoms with Gasteiger partial charge in [-0.25, -0.2) is 13.9 Å². The van der Waals surface area contributed by atoms with Crippen LogP contribution in [0.4, 0.5) is 28.0 Å². The molecule has 12 heteroatoms. The first-order chi connectivity index (χ1) is 19.6. The monoisotopic (exact) mass is 588 g/mol. The highest BCUT2D eigenvalue weighted by atomic mass is 19.4. The van der Waals surface area contributed by atoms with Gasteiger partial charge in [-0.15, -0.1) is 0 Å². The number of anilines is 1. The first-order valence-corrected chi connectivity index (χ1v) is 13.5. The Labute approximate surface area is 242 Å². The number of ether oxygens (including phenoxy) is 1. The van der Waals surface area contributed by atoms with Crippen molar-refractivity contribution in [3.05, 3.63) is 82.3 Å². The average Bonchev–Trinajstić information content (AvgIpc) is 3.33. The molecular weight excluding hydrogens is 554 g/mol. The summed E-state index contributed by atoms with van der Waals surface area (Å²) >= 11 is 0. The fourth-order valence-electron chi connectivity index (χ4n) is 4.67. The molecule has 0 atom stereocenters. The molecule has 0 saturated carbocycles. The summed E-state index contributed by atoms with van der Waals surface area (Å²) in [5.41, 5.74) is -0.196. The second kappa shape index (κ2) is 12.1. The molecule has 0 spiro atoms. The predicted octanol–water partition coefficient (Wildman–Crippen LogP) is 6.28. The lowest BCUT2D eigenvalue weighted by Gasteiger charge is -2.30. The Balaban J connectivity index is 1.58. The summed E-state index contributed by atoms with van der Waals surface area (Å²) in [6, 6.07) is 9.70. The van der Waals surface area contributed by atoms with Crippen molar-refractivity contribution in [2.24, 2.45) is 0 Å². The lowest BCUT2D eigenvalue weighted by atomic mass is 9.98. The molecule has 225 valence electrons. The summed E-state index contributed by atoms with van der Waals surface area (Å²) in [5.74, 6) is -0.399. The van der Waals surface area contributed by atoms with Crippen molar-refractivity contribution in [2.45, 2.75) is 65.9 Å². The summed E-state index contributed by atoms with van der Waals surface area (Å²) in [6.07, 6.45) is -4.84. The largest absolute Gasteiger partial charge is 0.444 e. The van der Waals surface area contributed by atoms with Crippen LogP contribution in [0.3, 0.4) is 0 Å². The Morgan fingerprint density at radius 3 is 2.45 bits per heavy atom. The third-order valence-corrected chi connectivity index (χ3v) is 6.39. The van der Waals surface area contributed by atoms with E-state index in [1.54, 1.807) is 32.9 Å². The third kappa shape index (κ3) is 7.87. The summed E-state index contributed by atoms with van der Waals surface area (Å²) in [6.45, 7) is 11.3. The standard InChI is InChI=1S/C30H34F4N5O3/c1-18(2)16-38-10-9-20-13-24(23(31)12-21(20)17-38)36-27(40)25-14-26(30(32,33)34)37-39(25)22-8-6-7-19(11-22)15-35-28(41)42-29(3,4)5/h6-8,11-14H,9-10,15-17H2,1-5H3,(H,35,41)(H,36,40). The Morgan fingerprint density at radius 2 is 1.79 bits per heavy atom. The number of aromatic nitrogens is 2. The Hall–Kier alpha value is -3.93. The number of amides is 2. The summed E-state index contributed by atoms with van der Waals surface area (Å²) in [4.78, 5) is 27.5. The van der Waals surface area contributed by atoms with Gasteiger partial charge in [-0.1, -0.05) is 26.0 Å². The SMILES string of the molecule is C[C](C)CN1CCc2cc(NC(=O)c3cc(C(F)(F)F)nn3-c3cccc(CNC(=O)OC(C)(C)C)c3)c(F)cc2C1. The van der Waals surface area contributed by atoms with Crippen LogP contribution in [-0.2, 0) is 30.4 Å². The molecule has 2 aromatic carbocycles. The van der Waals surface area contributed by atoms with Crippen LogP contribution in [-0.4, -0.2) is 45.4 Å². The molecule has 1 radical (unpaired) electrons. The van der Waals surface area contributed by atoms with Crippen LogP contribution in [0, 0.1) is 11.7 Å². The lowest BCUT2D eigenvalue weighted by Crippen LogP contribution is -2.33. The quantitative estimate of drug-likeness (QED) is 0.317. The van der Waals surface area contributed by atoms with Crippen molar-refractivity contribution >= 4 is 17.7 Å². The normalized spacial score (nSPS) is 14.0. The van der Waals surface area contributed by atoms with Crippen LogP contribution in [0.2, 0.25) is 0 Å². The molecule has 1 aliphatic rings. The van der Waals surface area contributed by atoms with E-state index < -0.39 is 41.0 Å². The zero-order chi connectivity index (χ0) is 30.8. The highest BCUT2D eigenvalue weighted by Gasteiger charge is 2.36. The van der Waals surface area contributed by atoms with Crippen molar-refractivity contribution < 1.29 is 31.9 Å². The second-order valence-corrected chi connectivity index (χ2v) is 11.6. The van der Waals surface area contributed by atoms with E-state index in [2.05, 4.69) is 20.6 Å². The maximum atomic E-state index is 15.1. The fourth-order valence-corrected chi connectivity index (χ4v) is 4.67. The number of alkyl halides is 3. The van der Waals surface area contributed by atoms with Gasteiger partial charge in [-0.2, -0.15) is 18.3 Å². The molecule has 4 rings (SSSR count). The number of halogens is 4. The van der Waals surface area contributed by atoms with Gasteiger partial charge >= 0.3 is 12.3 Å². The molecule has 3 aromatic rings. The van der Waals surface area contributed by atoms with Crippen LogP contribution in [0.15, 0.2) is 42.5 Å². The van der Waals surface area contributed by atoms with E-state index in [4.69, 9.17) is 4.74 Å². The van der Waals surface area contributed by atoms with Crippen molar-refractivity contribution in [3.8, 4) is 5.69 Å². The zero-order valence-electron chi connectivity index (χ0n) is 24.2. The Morgan fingerprint density at radius 1 is 1.05 bits per heavy atom. The molecule has 0 saturated heterocycles. The third-order valence-electron chi connectivity index (χ3n) is 6.39. The minimum Gasteiger partial charge on any atom is -0.444 e. The number of nitrogens with one attached hydrogen (secondary N) is 2. The number of alkyl carbamates (subject to hydrolysis) is 1. The molecule has 0 bridgehead atoms. The molecule has 2 heterocycles. The van der Waals surface area contributed by atoms with Gasteiger partial charge in [-0.3, -0.25) is 9.69 Å². The van der Waals surface area contributed by atoms with E-state index in [0.717, 1.165) is 28.9 Å². The lowest BCUT2D eigenvalue weighted by molar-refractivity contribution is -0.141. The molecule has 1 aromatic heterocycles. The molecule has 1 aliphatic heterocycles. The number of hydrogen-bond donors (Lipinski definition) is 2. The molecule has 42 heavy (non-hydrogen) atoms. The summed E-state index contributed by atoms with van der Waals surface area (Å²) in [5, 5.41) is 8.66. The number of benzene rings is 2. The number of hydrogen-bond acceptors (Lipinski definition) is 5. The molecule has 2 N–H and O–H groups in total. The highest BCUT2D eigenvalue weighted by molar-refractivity contribution is 6.03. The van der Waals surface area contributed by atoms with Crippen molar-refractivity contribution in [1.29, 1.82) is 0 Å². The number of nitrogens with zero attached hydrogens (tertiary/aromatic N) is 3. The van der Waals surface area contributed by atoms with E-state index in [-0.39, 0.29) is 17.9 Å². The van der Waals surface area contributed by atoms with Crippen molar-refractivity contribution in [3.63, 3.8) is 0 Å². The molecule has 0 unspecified atom stereocenters. The van der Waals surface area contributed by atoms with E-state index in [1.165, 1.54) is 30.2 Å². The average molecular weight is 589 g/mol. The fraction of sp³-hybridized carbons (Fsp3) is 0.400. The summed E-state index contributed by atoms with van der Waals surface area (Å²) in [7, 11) is 0. The first-order valence-electron chi connectivity index (χ1n) is 13.5. The number of fused-ring (bicyclic) bond motifs is 1. The van der Waals surface area contributed by atoms with Gasteiger partial charge in [-0.05, 0) is 74.1 Å². The number of rotatable bonds is 7. The van der Waals surface area contributed by atoms with Crippen LogP contribution < -0.4 is 10.6 Å². The van der Waals surface area contributed by atoms with Gasteiger partial charge in [0.05, 0.1) is 11.4 Å². The second-order valence-electron chi connectivity index (χ2n) is 11.6. The topological polar surface area (TPSA) is 88.5 Å². The van der Waals surface area contributed by atoms with Crippen LogP contribution in [0.1, 0.15) is 67.5 Å². The van der Waals surface area contributed by atoms with Gasteiger partial charge < -0.3 is 15.4 Å². The molecule has 0 fully saturated rings. The van der Waals surface area contributed by atoms with Crippen LogP contribution in [0.25, 0.3) is 5.69 Å².